The third-order valence-electron chi connectivity index (χ3n) is 4.23. The Labute approximate surface area is 128 Å². The molecule has 1 fully saturated rings. The van der Waals surface area contributed by atoms with E-state index in [4.69, 9.17) is 17.0 Å². The smallest absolute Gasteiger partial charge is 0.178 e. The van der Waals surface area contributed by atoms with Gasteiger partial charge in [-0.3, -0.25) is 0 Å². The van der Waals surface area contributed by atoms with Crippen molar-refractivity contribution in [1.29, 1.82) is 0 Å². The van der Waals surface area contributed by atoms with E-state index in [2.05, 4.69) is 21.9 Å². The minimum Gasteiger partial charge on any atom is -0.497 e. The number of hydrogen-bond acceptors (Lipinski definition) is 3. The first-order valence-corrected chi connectivity index (χ1v) is 8.75. The lowest BCUT2D eigenvalue weighted by molar-refractivity contribution is 0.369. The van der Waals surface area contributed by atoms with Crippen molar-refractivity contribution in [3.05, 3.63) is 23.0 Å². The summed E-state index contributed by atoms with van der Waals surface area (Å²) in [6.07, 6.45) is 7.36. The first-order valence-electron chi connectivity index (χ1n) is 7.05. The molecule has 1 aliphatic rings. The van der Waals surface area contributed by atoms with E-state index in [1.54, 1.807) is 7.11 Å². The molecule has 0 spiro atoms. The molecule has 1 saturated carbocycles. The fraction of sp³-hybridized carbons (Fsp3) is 0.533. The zero-order valence-electron chi connectivity index (χ0n) is 11.9. The average Bonchev–Trinajstić information content (AvgIpc) is 2.81. The van der Waals surface area contributed by atoms with Crippen molar-refractivity contribution in [2.24, 2.45) is 0 Å². The van der Waals surface area contributed by atoms with Gasteiger partial charge in [0.25, 0.3) is 0 Å². The number of H-pyrrole nitrogens is 1. The Balaban J connectivity index is 2.10. The van der Waals surface area contributed by atoms with Crippen molar-refractivity contribution in [3.8, 4) is 5.75 Å². The van der Waals surface area contributed by atoms with Crippen LogP contribution in [0.2, 0.25) is 0 Å². The summed E-state index contributed by atoms with van der Waals surface area (Å²) in [7, 11) is 1.69. The minimum absolute atomic E-state index is 0.508. The highest BCUT2D eigenvalue weighted by Gasteiger charge is 2.27. The number of ether oxygens (including phenoxy) is 1. The fourth-order valence-electron chi connectivity index (χ4n) is 3.21. The number of nitrogens with zero attached hydrogens (tertiary/aromatic N) is 1. The summed E-state index contributed by atoms with van der Waals surface area (Å²) in [6, 6.07) is 6.66. The lowest BCUT2D eigenvalue weighted by Crippen LogP contribution is -2.25. The van der Waals surface area contributed by atoms with Crippen LogP contribution in [-0.4, -0.2) is 28.2 Å². The van der Waals surface area contributed by atoms with E-state index in [1.165, 1.54) is 31.2 Å². The van der Waals surface area contributed by atoms with Gasteiger partial charge in [-0.2, -0.15) is 11.8 Å². The predicted molar refractivity (Wildman–Crippen MR) is 88.5 cm³/mol. The van der Waals surface area contributed by atoms with E-state index < -0.39 is 0 Å². The van der Waals surface area contributed by atoms with Crippen LogP contribution < -0.4 is 4.74 Å². The second kappa shape index (κ2) is 5.82. The van der Waals surface area contributed by atoms with Crippen molar-refractivity contribution in [2.45, 2.75) is 37.0 Å². The molecule has 2 aromatic rings. The van der Waals surface area contributed by atoms with Gasteiger partial charge in [-0.25, -0.2) is 0 Å². The fourth-order valence-corrected chi connectivity index (χ4v) is 4.53. The number of rotatable bonds is 3. The van der Waals surface area contributed by atoms with Gasteiger partial charge in [0.2, 0.25) is 0 Å². The molecule has 0 bridgehead atoms. The van der Waals surface area contributed by atoms with Gasteiger partial charge in [-0.05, 0) is 43.4 Å². The van der Waals surface area contributed by atoms with Crippen molar-refractivity contribution >= 4 is 35.0 Å². The number of nitrogens with one attached hydrogen (secondary N) is 1. The molecule has 3 rings (SSSR count). The maximum atomic E-state index is 5.57. The van der Waals surface area contributed by atoms with E-state index in [9.17, 15) is 0 Å². The molecule has 0 radical (unpaired) electrons. The molecule has 3 nitrogen and oxygen atoms in total. The molecule has 108 valence electrons. The Morgan fingerprint density at radius 1 is 1.35 bits per heavy atom. The van der Waals surface area contributed by atoms with E-state index in [-0.39, 0.29) is 0 Å². The van der Waals surface area contributed by atoms with Crippen molar-refractivity contribution < 1.29 is 4.74 Å². The normalized spacial score (nSPS) is 23.1. The van der Waals surface area contributed by atoms with Gasteiger partial charge < -0.3 is 14.3 Å². The van der Waals surface area contributed by atoms with Crippen molar-refractivity contribution in [1.82, 2.24) is 9.55 Å². The summed E-state index contributed by atoms with van der Waals surface area (Å²) < 4.78 is 8.45. The zero-order valence-corrected chi connectivity index (χ0v) is 13.5. The van der Waals surface area contributed by atoms with E-state index in [0.717, 1.165) is 16.0 Å². The van der Waals surface area contributed by atoms with Crippen LogP contribution >= 0.6 is 24.0 Å². The second-order valence-electron chi connectivity index (χ2n) is 5.31. The van der Waals surface area contributed by atoms with Crippen molar-refractivity contribution in [2.75, 3.05) is 13.4 Å². The van der Waals surface area contributed by atoms with Crippen LogP contribution in [0.3, 0.4) is 0 Å². The first-order chi connectivity index (χ1) is 9.74. The quantitative estimate of drug-likeness (QED) is 0.843. The maximum absolute atomic E-state index is 5.57. The number of aromatic nitrogens is 2. The summed E-state index contributed by atoms with van der Waals surface area (Å²) in [4.78, 5) is 3.33. The molecule has 0 saturated heterocycles. The van der Waals surface area contributed by atoms with Gasteiger partial charge in [-0.1, -0.05) is 12.8 Å². The van der Waals surface area contributed by atoms with Gasteiger partial charge >= 0.3 is 0 Å². The molecule has 1 heterocycles. The SMILES string of the molecule is COc1ccc2c(c1)[nH]c(=S)n2C1CCCCC1SC. The Hall–Kier alpha value is -0.940. The van der Waals surface area contributed by atoms with Gasteiger partial charge in [0.1, 0.15) is 5.75 Å². The predicted octanol–water partition coefficient (Wildman–Crippen LogP) is 4.55. The average molecular weight is 308 g/mol. The maximum Gasteiger partial charge on any atom is 0.178 e. The molecule has 1 N–H and O–H groups in total. The summed E-state index contributed by atoms with van der Waals surface area (Å²) in [5.74, 6) is 0.867. The third kappa shape index (κ3) is 2.37. The number of aromatic amines is 1. The number of imidazole rings is 1. The Bertz CT molecular complexity index is 661. The van der Waals surface area contributed by atoms with E-state index >= 15 is 0 Å². The van der Waals surface area contributed by atoms with Gasteiger partial charge in [-0.15, -0.1) is 0 Å². The van der Waals surface area contributed by atoms with Gasteiger partial charge in [0.05, 0.1) is 18.1 Å². The highest BCUT2D eigenvalue weighted by atomic mass is 32.2. The number of fused-ring (bicyclic) bond motifs is 1. The number of thioether (sulfide) groups is 1. The monoisotopic (exact) mass is 308 g/mol. The molecular formula is C15H20N2OS2. The molecular weight excluding hydrogens is 288 g/mol. The number of methoxy groups -OCH3 is 1. The Morgan fingerprint density at radius 3 is 2.90 bits per heavy atom. The Morgan fingerprint density at radius 2 is 2.15 bits per heavy atom. The zero-order chi connectivity index (χ0) is 14.1. The number of hydrogen-bond donors (Lipinski definition) is 1. The molecule has 0 amide bonds. The molecule has 2 unspecified atom stereocenters. The molecule has 5 heteroatoms. The molecule has 2 atom stereocenters. The minimum atomic E-state index is 0.508. The van der Waals surface area contributed by atoms with Crippen LogP contribution in [-0.2, 0) is 0 Å². The lowest BCUT2D eigenvalue weighted by Gasteiger charge is -2.31. The topological polar surface area (TPSA) is 29.9 Å². The van der Waals surface area contributed by atoms with Crippen LogP contribution in [0.4, 0.5) is 0 Å². The van der Waals surface area contributed by atoms with Crippen LogP contribution in [0.1, 0.15) is 31.7 Å². The third-order valence-corrected chi connectivity index (χ3v) is 5.68. The van der Waals surface area contributed by atoms with E-state index in [0.29, 0.717) is 11.3 Å². The lowest BCUT2D eigenvalue weighted by atomic mass is 9.94. The summed E-state index contributed by atoms with van der Waals surface area (Å²) in [5.41, 5.74) is 2.27. The molecule has 1 aromatic heterocycles. The summed E-state index contributed by atoms with van der Waals surface area (Å²) >= 11 is 7.54. The van der Waals surface area contributed by atoms with Crippen LogP contribution in [0.5, 0.6) is 5.75 Å². The standard InChI is InChI=1S/C15H20N2OS2/c1-18-10-7-8-12-11(9-10)16-15(19)17(12)13-5-3-4-6-14(13)20-2/h7-9,13-14H,3-6H2,1-2H3,(H,16,19). The van der Waals surface area contributed by atoms with Gasteiger partial charge in [0.15, 0.2) is 4.77 Å². The number of benzene rings is 1. The summed E-state index contributed by atoms with van der Waals surface area (Å²) in [6.45, 7) is 0. The van der Waals surface area contributed by atoms with Crippen LogP contribution in [0.25, 0.3) is 11.0 Å². The van der Waals surface area contributed by atoms with Crippen LogP contribution in [0, 0.1) is 4.77 Å². The van der Waals surface area contributed by atoms with Crippen molar-refractivity contribution in [3.63, 3.8) is 0 Å². The Kier molecular flexibility index (Phi) is 4.08. The van der Waals surface area contributed by atoms with Crippen LogP contribution in [0.15, 0.2) is 18.2 Å². The molecule has 20 heavy (non-hydrogen) atoms. The first kappa shape index (κ1) is 14.0. The molecule has 1 aliphatic carbocycles. The molecule has 0 aliphatic heterocycles. The highest BCUT2D eigenvalue weighted by molar-refractivity contribution is 7.99. The van der Waals surface area contributed by atoms with Gasteiger partial charge in [0, 0.05) is 17.4 Å². The van der Waals surface area contributed by atoms with E-state index in [1.807, 2.05) is 23.9 Å². The highest BCUT2D eigenvalue weighted by Crippen LogP contribution is 2.38. The molecule has 1 aromatic carbocycles. The summed E-state index contributed by atoms with van der Waals surface area (Å²) in [5, 5.41) is 0.663. The second-order valence-corrected chi connectivity index (χ2v) is 6.77. The largest absolute Gasteiger partial charge is 0.497 e.